The van der Waals surface area contributed by atoms with E-state index < -0.39 is 11.6 Å². The summed E-state index contributed by atoms with van der Waals surface area (Å²) >= 11 is 5.15. The van der Waals surface area contributed by atoms with E-state index in [1.807, 2.05) is 25.1 Å². The van der Waals surface area contributed by atoms with Gasteiger partial charge in [-0.2, -0.15) is 0 Å². The van der Waals surface area contributed by atoms with E-state index >= 15 is 0 Å². The molecule has 0 unspecified atom stereocenters. The molecule has 0 saturated heterocycles. The van der Waals surface area contributed by atoms with Crippen LogP contribution in [0, 0.1) is 11.6 Å². The molecule has 22 heavy (non-hydrogen) atoms. The SMILES string of the molecule is C[C@H](CCc1ccccc1)NC(=S)Nc1ccc(F)cc1F. The lowest BCUT2D eigenvalue weighted by Crippen LogP contribution is -2.36. The van der Waals surface area contributed by atoms with Gasteiger partial charge < -0.3 is 10.6 Å². The largest absolute Gasteiger partial charge is 0.360 e. The Morgan fingerprint density at radius 2 is 1.86 bits per heavy atom. The molecule has 2 N–H and O–H groups in total. The van der Waals surface area contributed by atoms with Gasteiger partial charge in [0.15, 0.2) is 5.11 Å². The van der Waals surface area contributed by atoms with Gasteiger partial charge in [0.1, 0.15) is 11.6 Å². The van der Waals surface area contributed by atoms with Crippen molar-refractivity contribution in [3.05, 3.63) is 65.7 Å². The molecule has 0 aromatic heterocycles. The number of anilines is 1. The van der Waals surface area contributed by atoms with Crippen LogP contribution in [0.15, 0.2) is 48.5 Å². The fraction of sp³-hybridized carbons (Fsp3) is 0.235. The van der Waals surface area contributed by atoms with Gasteiger partial charge in [-0.05, 0) is 49.7 Å². The second-order valence-electron chi connectivity index (χ2n) is 5.15. The number of thiocarbonyl (C=S) groups is 1. The fourth-order valence-corrected chi connectivity index (χ4v) is 2.38. The molecule has 2 aromatic rings. The molecule has 2 nitrogen and oxygen atoms in total. The number of hydrogen-bond acceptors (Lipinski definition) is 1. The molecule has 2 aromatic carbocycles. The molecular formula is C17H18F2N2S. The molecule has 0 aliphatic rings. The number of benzene rings is 2. The number of halogens is 2. The second-order valence-corrected chi connectivity index (χ2v) is 5.56. The molecule has 0 saturated carbocycles. The lowest BCUT2D eigenvalue weighted by Gasteiger charge is -2.17. The van der Waals surface area contributed by atoms with E-state index in [0.717, 1.165) is 18.9 Å². The standard InChI is InChI=1S/C17H18F2N2S/c1-12(7-8-13-5-3-2-4-6-13)20-17(22)21-16-10-9-14(18)11-15(16)19/h2-6,9-12H,7-8H2,1H3,(H2,20,21,22)/t12-/m1/s1. The molecule has 0 bridgehead atoms. The highest BCUT2D eigenvalue weighted by Crippen LogP contribution is 2.14. The number of aryl methyl sites for hydroxylation is 1. The maximum Gasteiger partial charge on any atom is 0.171 e. The van der Waals surface area contributed by atoms with Crippen LogP contribution in [0.4, 0.5) is 14.5 Å². The van der Waals surface area contributed by atoms with Gasteiger partial charge in [-0.1, -0.05) is 30.3 Å². The summed E-state index contributed by atoms with van der Waals surface area (Å²) < 4.78 is 26.4. The average molecular weight is 320 g/mol. The third-order valence-electron chi connectivity index (χ3n) is 3.27. The summed E-state index contributed by atoms with van der Waals surface area (Å²) in [5, 5.41) is 6.17. The fourth-order valence-electron chi connectivity index (χ4n) is 2.07. The summed E-state index contributed by atoms with van der Waals surface area (Å²) in [6, 6.07) is 13.6. The van der Waals surface area contributed by atoms with Crippen LogP contribution in [0.25, 0.3) is 0 Å². The van der Waals surface area contributed by atoms with Crippen molar-refractivity contribution in [2.24, 2.45) is 0 Å². The second kappa shape index (κ2) is 7.84. The minimum Gasteiger partial charge on any atom is -0.360 e. The molecule has 0 heterocycles. The summed E-state index contributed by atoms with van der Waals surface area (Å²) in [7, 11) is 0. The van der Waals surface area contributed by atoms with Crippen molar-refractivity contribution < 1.29 is 8.78 Å². The molecule has 0 aliphatic carbocycles. The van der Waals surface area contributed by atoms with Crippen molar-refractivity contribution in [1.29, 1.82) is 0 Å². The Kier molecular flexibility index (Phi) is 5.83. The highest BCUT2D eigenvalue weighted by molar-refractivity contribution is 7.80. The molecule has 0 radical (unpaired) electrons. The van der Waals surface area contributed by atoms with Gasteiger partial charge in [-0.15, -0.1) is 0 Å². The zero-order valence-electron chi connectivity index (χ0n) is 12.3. The van der Waals surface area contributed by atoms with Crippen LogP contribution < -0.4 is 10.6 Å². The van der Waals surface area contributed by atoms with E-state index in [0.29, 0.717) is 5.11 Å². The van der Waals surface area contributed by atoms with Crippen LogP contribution in [0.5, 0.6) is 0 Å². The summed E-state index contributed by atoms with van der Waals surface area (Å²) in [6.45, 7) is 2.01. The molecule has 2 rings (SSSR count). The number of hydrogen-bond donors (Lipinski definition) is 2. The van der Waals surface area contributed by atoms with Crippen molar-refractivity contribution in [2.75, 3.05) is 5.32 Å². The Labute approximate surface area is 134 Å². The first-order valence-electron chi connectivity index (χ1n) is 7.11. The van der Waals surface area contributed by atoms with Gasteiger partial charge in [-0.3, -0.25) is 0 Å². The summed E-state index contributed by atoms with van der Waals surface area (Å²) in [6.07, 6.45) is 1.83. The maximum absolute atomic E-state index is 13.5. The molecule has 5 heteroatoms. The van der Waals surface area contributed by atoms with Crippen LogP contribution in [-0.4, -0.2) is 11.2 Å². The van der Waals surface area contributed by atoms with E-state index in [4.69, 9.17) is 12.2 Å². The lowest BCUT2D eigenvalue weighted by atomic mass is 10.1. The molecule has 0 spiro atoms. The summed E-state index contributed by atoms with van der Waals surface area (Å²) in [4.78, 5) is 0. The van der Waals surface area contributed by atoms with Crippen molar-refractivity contribution >= 4 is 23.0 Å². The van der Waals surface area contributed by atoms with Crippen LogP contribution in [-0.2, 0) is 6.42 Å². The first kappa shape index (κ1) is 16.4. The first-order chi connectivity index (χ1) is 10.5. The van der Waals surface area contributed by atoms with Crippen LogP contribution in [0.2, 0.25) is 0 Å². The minimum absolute atomic E-state index is 0.142. The van der Waals surface area contributed by atoms with Crippen LogP contribution >= 0.6 is 12.2 Å². The van der Waals surface area contributed by atoms with Gasteiger partial charge >= 0.3 is 0 Å². The third kappa shape index (κ3) is 5.07. The zero-order chi connectivity index (χ0) is 15.9. The Morgan fingerprint density at radius 3 is 2.55 bits per heavy atom. The highest BCUT2D eigenvalue weighted by atomic mass is 32.1. The normalized spacial score (nSPS) is 11.8. The topological polar surface area (TPSA) is 24.1 Å². The van der Waals surface area contributed by atoms with Gasteiger partial charge in [0.2, 0.25) is 0 Å². The Bertz CT molecular complexity index is 632. The molecular weight excluding hydrogens is 302 g/mol. The summed E-state index contributed by atoms with van der Waals surface area (Å²) in [5.41, 5.74) is 1.42. The van der Waals surface area contributed by atoms with Crippen molar-refractivity contribution in [3.8, 4) is 0 Å². The van der Waals surface area contributed by atoms with Crippen molar-refractivity contribution in [2.45, 2.75) is 25.8 Å². The molecule has 0 aliphatic heterocycles. The van der Waals surface area contributed by atoms with Gasteiger partial charge in [0.25, 0.3) is 0 Å². The Balaban J connectivity index is 1.81. The lowest BCUT2D eigenvalue weighted by molar-refractivity contribution is 0.585. The predicted octanol–water partition coefficient (Wildman–Crippen LogP) is 4.27. The third-order valence-corrected chi connectivity index (χ3v) is 3.49. The number of rotatable bonds is 5. The van der Waals surface area contributed by atoms with E-state index in [-0.39, 0.29) is 11.7 Å². The number of nitrogens with one attached hydrogen (secondary N) is 2. The highest BCUT2D eigenvalue weighted by Gasteiger charge is 2.08. The first-order valence-corrected chi connectivity index (χ1v) is 7.52. The van der Waals surface area contributed by atoms with Crippen molar-refractivity contribution in [1.82, 2.24) is 5.32 Å². The van der Waals surface area contributed by atoms with Crippen LogP contribution in [0.3, 0.4) is 0 Å². The van der Waals surface area contributed by atoms with E-state index in [9.17, 15) is 8.78 Å². The quantitative estimate of drug-likeness (QED) is 0.805. The van der Waals surface area contributed by atoms with Gasteiger partial charge in [0.05, 0.1) is 5.69 Å². The average Bonchev–Trinajstić information content (AvgIpc) is 2.49. The zero-order valence-corrected chi connectivity index (χ0v) is 13.1. The molecule has 0 fully saturated rings. The van der Waals surface area contributed by atoms with E-state index in [2.05, 4.69) is 22.8 Å². The molecule has 1 atom stereocenters. The summed E-state index contributed by atoms with van der Waals surface area (Å²) in [5.74, 6) is -1.28. The maximum atomic E-state index is 13.5. The van der Waals surface area contributed by atoms with Gasteiger partial charge in [0, 0.05) is 12.1 Å². The van der Waals surface area contributed by atoms with Gasteiger partial charge in [-0.25, -0.2) is 8.78 Å². The smallest absolute Gasteiger partial charge is 0.171 e. The van der Waals surface area contributed by atoms with Crippen molar-refractivity contribution in [3.63, 3.8) is 0 Å². The monoisotopic (exact) mass is 320 g/mol. The Morgan fingerprint density at radius 1 is 1.14 bits per heavy atom. The minimum atomic E-state index is -0.666. The molecule has 116 valence electrons. The predicted molar refractivity (Wildman–Crippen MR) is 89.9 cm³/mol. The molecule has 0 amide bonds. The Hall–Kier alpha value is -2.01. The van der Waals surface area contributed by atoms with Crippen LogP contribution in [0.1, 0.15) is 18.9 Å². The van der Waals surface area contributed by atoms with E-state index in [1.165, 1.54) is 17.7 Å². The van der Waals surface area contributed by atoms with E-state index in [1.54, 1.807) is 0 Å².